The summed E-state index contributed by atoms with van der Waals surface area (Å²) in [5.74, 6) is -1.25. The Morgan fingerprint density at radius 2 is 1.25 bits per heavy atom. The molecule has 2 saturated heterocycles. The second kappa shape index (κ2) is 52.9. The van der Waals surface area contributed by atoms with E-state index in [0.29, 0.717) is 25.0 Å². The average Bonchev–Trinajstić information content (AvgIpc) is 3.38. The first kappa shape index (κ1) is 85.9. The zero-order chi connectivity index (χ0) is 35.7. The molecule has 5 unspecified atom stereocenters. The molecule has 2 aliphatic rings. The van der Waals surface area contributed by atoms with Crippen molar-refractivity contribution in [3.05, 3.63) is 0 Å². The van der Waals surface area contributed by atoms with Gasteiger partial charge in [0.25, 0.3) is 0 Å². The van der Waals surface area contributed by atoms with Crippen LogP contribution in [0.15, 0.2) is 0 Å². The monoisotopic (exact) mass is 964 g/mol. The van der Waals surface area contributed by atoms with E-state index in [9.17, 15) is 33.6 Å². The first-order valence-electron chi connectivity index (χ1n) is 14.4. The number of nitrogens with one attached hydrogen (secondary N) is 2. The maximum atomic E-state index is 11.9. The molecule has 0 aromatic heterocycles. The van der Waals surface area contributed by atoms with Gasteiger partial charge in [0.15, 0.2) is 18.3 Å². The van der Waals surface area contributed by atoms with Crippen LogP contribution in [-0.4, -0.2) is 155 Å². The normalized spacial score (nSPS) is 16.0. The van der Waals surface area contributed by atoms with Crippen molar-refractivity contribution in [2.75, 3.05) is 44.2 Å². The number of hydrogen-bond acceptors (Lipinski definition) is 16. The number of aliphatic hydroxyl groups excluding tert-OH is 3. The van der Waals surface area contributed by atoms with Crippen LogP contribution in [-0.2, 0) is 52.5 Å². The van der Waals surface area contributed by atoms with E-state index in [1.54, 1.807) is 0 Å². The fraction of sp³-hybridized carbons (Fsp3) is 0.811. The van der Waals surface area contributed by atoms with Crippen molar-refractivity contribution in [2.45, 2.75) is 158 Å². The molecule has 2 fully saturated rings. The van der Waals surface area contributed by atoms with Crippen molar-refractivity contribution in [3.8, 4) is 0 Å². The quantitative estimate of drug-likeness (QED) is 0.0719. The Hall–Kier alpha value is -2.13. The molecule has 0 saturated carbocycles. The first-order chi connectivity index (χ1) is 21.6. The molecule has 5 atom stereocenters. The Labute approximate surface area is 366 Å². The minimum Gasteiger partial charge on any atom is -0.463 e. The van der Waals surface area contributed by atoms with Crippen LogP contribution in [0, 0.1) is 0 Å². The Morgan fingerprint density at radius 3 is 1.57 bits per heavy atom. The summed E-state index contributed by atoms with van der Waals surface area (Å²) >= 11 is 2.83. The molecule has 2 aliphatic heterocycles. The Bertz CT molecular complexity index is 959. The van der Waals surface area contributed by atoms with Crippen LogP contribution in [0.4, 0.5) is 0 Å². The predicted octanol–water partition coefficient (Wildman–Crippen LogP) is 4.82. The number of carbonyl (C=O) groups excluding carboxylic acids is 7. The third-order valence-corrected chi connectivity index (χ3v) is 6.98. The summed E-state index contributed by atoms with van der Waals surface area (Å²) in [7, 11) is 0. The van der Waals surface area contributed by atoms with Gasteiger partial charge in [-0.05, 0) is 52.0 Å². The van der Waals surface area contributed by atoms with Crippen molar-refractivity contribution < 1.29 is 67.8 Å². The van der Waals surface area contributed by atoms with Crippen LogP contribution < -0.4 is 10.6 Å². The second-order valence-corrected chi connectivity index (χ2v) is 11.6. The summed E-state index contributed by atoms with van der Waals surface area (Å²) in [4.78, 5) is 77.2. The molecule has 0 bridgehead atoms. The van der Waals surface area contributed by atoms with E-state index in [2.05, 4.69) is 20.1 Å². The number of thioether (sulfide) groups is 2. The molecule has 56 heavy (non-hydrogen) atoms. The van der Waals surface area contributed by atoms with Crippen molar-refractivity contribution in [2.24, 2.45) is 0 Å². The predicted molar refractivity (Wildman–Crippen MR) is 235 cm³/mol. The maximum absolute atomic E-state index is 11.9. The molecule has 2 radical (unpaired) electrons. The van der Waals surface area contributed by atoms with Crippen LogP contribution in [0.2, 0.25) is 0 Å². The molecule has 2 rings (SSSR count). The van der Waals surface area contributed by atoms with Gasteiger partial charge in [-0.15, -0.1) is 0 Å². The Kier molecular flexibility index (Phi) is 81.1. The van der Waals surface area contributed by atoms with E-state index in [4.69, 9.17) is 24.8 Å². The van der Waals surface area contributed by atoms with Gasteiger partial charge in [-0.25, -0.2) is 19.2 Å². The summed E-state index contributed by atoms with van der Waals surface area (Å²) in [6, 6.07) is -0.995. The smallest absolute Gasteiger partial charge is 0.463 e. The standard InChI is InChI=1S/C13H23NO6S.C6H9NO2S.C6H8O4.C3H8O2.9CH4.Sn/c1-9(12(17)19-7-4-6-15)20-13(18)11(5-8-21-3)14-10(2)16;1-4(8)7-5-2-3-10-6(5)9;1-3-5(7)10-4(2)6(8)9-3;4-2-1-3-5;;;;;;;;;;/h9,11,15H,4-8H2,1-3H3,(H,14,16);5H,2-3H2,1H3,(H,7,8);3-4H,1-2H3;4-5H,1-3H2;9*1H4;/q;;;;;;;;;;;;;+2. The van der Waals surface area contributed by atoms with Gasteiger partial charge in [0, 0.05) is 45.8 Å². The van der Waals surface area contributed by atoms with Gasteiger partial charge >= 0.3 is 47.8 Å². The van der Waals surface area contributed by atoms with Crippen molar-refractivity contribution in [3.63, 3.8) is 0 Å². The molecule has 340 valence electrons. The van der Waals surface area contributed by atoms with Gasteiger partial charge < -0.3 is 44.9 Å². The van der Waals surface area contributed by atoms with Crippen molar-refractivity contribution in [1.82, 2.24) is 10.6 Å². The summed E-state index contributed by atoms with van der Waals surface area (Å²) in [5, 5.41) is 29.6. The van der Waals surface area contributed by atoms with E-state index in [0.717, 1.165) is 12.2 Å². The minimum absolute atomic E-state index is 0. The van der Waals surface area contributed by atoms with E-state index in [-0.39, 0.29) is 140 Å². The molecule has 0 aromatic rings. The summed E-state index contributed by atoms with van der Waals surface area (Å²) in [5.41, 5.74) is 0. The summed E-state index contributed by atoms with van der Waals surface area (Å²) < 4.78 is 19.0. The average molecular weight is 964 g/mol. The third kappa shape index (κ3) is 44.6. The molecule has 2 amide bonds. The molecule has 2 heterocycles. The van der Waals surface area contributed by atoms with Gasteiger partial charge in [0.1, 0.15) is 6.04 Å². The maximum Gasteiger partial charge on any atom is 2.00 e. The SMILES string of the molecule is C.C.C.C.C.C.C.C.C.CC(=O)NC1CCSC1=O.CC1OC(=O)C(C)OC1=O.CSCCC(NC(C)=O)C(=O)OC(C)C(=O)OCCCO.OCCCO.[Sn+2]. The number of rotatable bonds is 13. The largest absolute Gasteiger partial charge is 2.00 e. The van der Waals surface area contributed by atoms with E-state index in [1.165, 1.54) is 58.1 Å². The number of cyclic esters (lactones) is 2. The first-order valence-corrected chi connectivity index (χ1v) is 16.8. The van der Waals surface area contributed by atoms with Gasteiger partial charge in [-0.3, -0.25) is 14.4 Å². The van der Waals surface area contributed by atoms with Gasteiger partial charge in [-0.1, -0.05) is 78.6 Å². The van der Waals surface area contributed by atoms with E-state index in [1.807, 2.05) is 6.26 Å². The molecule has 0 spiro atoms. The molecular formula is C37H84N2O14S2Sn+2. The molecule has 16 nitrogen and oxygen atoms in total. The Morgan fingerprint density at radius 1 is 0.804 bits per heavy atom. The fourth-order valence-corrected chi connectivity index (χ4v) is 4.37. The summed E-state index contributed by atoms with van der Waals surface area (Å²) in [6.45, 7) is 7.27. The van der Waals surface area contributed by atoms with Crippen LogP contribution >= 0.6 is 23.5 Å². The number of hydrogen-bond donors (Lipinski definition) is 5. The van der Waals surface area contributed by atoms with Gasteiger partial charge in [0.05, 0.1) is 12.6 Å². The molecular weight excluding hydrogens is 879 g/mol. The topological polar surface area (TPSA) is 241 Å². The van der Waals surface area contributed by atoms with Crippen LogP contribution in [0.3, 0.4) is 0 Å². The second-order valence-electron chi connectivity index (χ2n) is 9.53. The number of ether oxygens (including phenoxy) is 4. The number of amides is 2. The van der Waals surface area contributed by atoms with Gasteiger partial charge in [-0.2, -0.15) is 11.8 Å². The zero-order valence-corrected chi connectivity index (χ0v) is 32.1. The fourth-order valence-electron chi connectivity index (χ4n) is 2.97. The van der Waals surface area contributed by atoms with Crippen molar-refractivity contribution in [1.29, 1.82) is 0 Å². The van der Waals surface area contributed by atoms with Crippen LogP contribution in [0.5, 0.6) is 0 Å². The molecule has 0 aromatic carbocycles. The summed E-state index contributed by atoms with van der Waals surface area (Å²) in [6.07, 6.45) is 1.37. The van der Waals surface area contributed by atoms with E-state index < -0.39 is 48.2 Å². The number of carbonyl (C=O) groups is 7. The number of esters is 4. The zero-order valence-electron chi connectivity index (χ0n) is 27.6. The molecule has 0 aliphatic carbocycles. The number of aliphatic hydroxyl groups is 3. The Balaban J connectivity index is -0.0000000477. The van der Waals surface area contributed by atoms with E-state index >= 15 is 0 Å². The van der Waals surface area contributed by atoms with Gasteiger partial charge in [0.2, 0.25) is 16.9 Å². The third-order valence-electron chi connectivity index (χ3n) is 5.32. The molecule has 19 heteroatoms. The van der Waals surface area contributed by atoms with Crippen LogP contribution in [0.1, 0.15) is 127 Å². The van der Waals surface area contributed by atoms with Crippen LogP contribution in [0.25, 0.3) is 0 Å². The minimum atomic E-state index is -1.05. The van der Waals surface area contributed by atoms with Crippen molar-refractivity contribution >= 4 is 88.2 Å². The molecule has 5 N–H and O–H groups in total.